The van der Waals surface area contributed by atoms with Crippen molar-refractivity contribution in [2.45, 2.75) is 37.9 Å². The number of carbonyl (C=O) groups excluding carboxylic acids is 2. The third kappa shape index (κ3) is 4.43. The summed E-state index contributed by atoms with van der Waals surface area (Å²) in [5, 5.41) is 11.6. The van der Waals surface area contributed by atoms with Crippen LogP contribution in [0.3, 0.4) is 0 Å². The average Bonchev–Trinajstić information content (AvgIpc) is 3.32. The van der Waals surface area contributed by atoms with Gasteiger partial charge in [-0.3, -0.25) is 4.79 Å². The Hall–Kier alpha value is -3.00. The summed E-state index contributed by atoms with van der Waals surface area (Å²) in [5.41, 5.74) is -1.27. The van der Waals surface area contributed by atoms with Crippen molar-refractivity contribution >= 4 is 17.7 Å². The van der Waals surface area contributed by atoms with Crippen LogP contribution in [0, 0.1) is 11.3 Å². The van der Waals surface area contributed by atoms with Gasteiger partial charge in [0.05, 0.1) is 36.9 Å². The molecule has 0 spiro atoms. The largest absolute Gasteiger partial charge is 0.453 e. The zero-order valence-corrected chi connectivity index (χ0v) is 16.4. The second-order valence-electron chi connectivity index (χ2n) is 7.12. The summed E-state index contributed by atoms with van der Waals surface area (Å²) in [7, 11) is 1.25. The number of hydrogen-bond donors (Lipinski definition) is 1. The molecule has 0 aliphatic carbocycles. The Kier molecular flexibility index (Phi) is 6.07. The van der Waals surface area contributed by atoms with E-state index in [-0.39, 0.29) is 24.2 Å². The van der Waals surface area contributed by atoms with Gasteiger partial charge in [0, 0.05) is 18.8 Å². The van der Waals surface area contributed by atoms with Gasteiger partial charge >= 0.3 is 12.3 Å². The summed E-state index contributed by atoms with van der Waals surface area (Å²) < 4.78 is 50.0. The number of methoxy groups -OCH3 is 1. The molecule has 2 saturated heterocycles. The third-order valence-electron chi connectivity index (χ3n) is 5.21. The van der Waals surface area contributed by atoms with Gasteiger partial charge < -0.3 is 24.6 Å². The van der Waals surface area contributed by atoms with Crippen molar-refractivity contribution in [1.82, 2.24) is 10.2 Å². The number of carbonyl (C=O) groups is 2. The number of benzene rings is 1. The predicted octanol–water partition coefficient (Wildman–Crippen LogP) is 2.09. The number of halogens is 3. The van der Waals surface area contributed by atoms with Gasteiger partial charge in [-0.1, -0.05) is 0 Å². The average molecular weight is 426 g/mol. The summed E-state index contributed by atoms with van der Waals surface area (Å²) in [6, 6.07) is 4.74. The Balaban J connectivity index is 1.70. The zero-order chi connectivity index (χ0) is 22.1. The minimum absolute atomic E-state index is 0.0782. The number of nitrogens with one attached hydrogen (secondary N) is 1. The maximum atomic E-state index is 13.3. The van der Waals surface area contributed by atoms with E-state index in [9.17, 15) is 22.8 Å². The number of hydrogen-bond acceptors (Lipinski definition) is 6. The highest BCUT2D eigenvalue weighted by molar-refractivity contribution is 5.83. The number of nitrogens with zero attached hydrogens (tertiary/aromatic N) is 3. The molecule has 1 aromatic rings. The molecule has 0 unspecified atom stereocenters. The van der Waals surface area contributed by atoms with Crippen LogP contribution in [-0.4, -0.2) is 62.0 Å². The van der Waals surface area contributed by atoms with Crippen LogP contribution in [0.2, 0.25) is 0 Å². The van der Waals surface area contributed by atoms with Gasteiger partial charge in [0.15, 0.2) is 6.10 Å². The Bertz CT molecular complexity index is 870. The molecule has 2 fully saturated rings. The first-order chi connectivity index (χ1) is 14.1. The molecule has 3 atom stereocenters. The molecule has 162 valence electrons. The maximum Gasteiger partial charge on any atom is 0.417 e. The van der Waals surface area contributed by atoms with Crippen molar-refractivity contribution in [3.05, 3.63) is 29.3 Å². The molecular weight excluding hydrogens is 405 g/mol. The number of ether oxygens (including phenoxy) is 2. The highest BCUT2D eigenvalue weighted by atomic mass is 19.4. The smallest absolute Gasteiger partial charge is 0.417 e. The molecule has 0 aromatic heterocycles. The van der Waals surface area contributed by atoms with Crippen molar-refractivity contribution in [3.8, 4) is 6.07 Å². The van der Waals surface area contributed by atoms with E-state index in [1.54, 1.807) is 22.8 Å². The minimum atomic E-state index is -4.67. The topological polar surface area (TPSA) is 94.9 Å². The van der Waals surface area contributed by atoms with Crippen LogP contribution in [0.4, 0.5) is 23.7 Å². The van der Waals surface area contributed by atoms with Crippen LogP contribution in [0.15, 0.2) is 18.2 Å². The molecule has 1 N–H and O–H groups in total. The van der Waals surface area contributed by atoms with Gasteiger partial charge in [-0.25, -0.2) is 4.79 Å². The first kappa shape index (κ1) is 21.7. The van der Waals surface area contributed by atoms with Crippen molar-refractivity contribution in [1.29, 1.82) is 5.26 Å². The van der Waals surface area contributed by atoms with Gasteiger partial charge in [-0.15, -0.1) is 0 Å². The van der Waals surface area contributed by atoms with E-state index >= 15 is 0 Å². The van der Waals surface area contributed by atoms with E-state index < -0.39 is 35.7 Å². The molecule has 1 aromatic carbocycles. The fourth-order valence-corrected chi connectivity index (χ4v) is 3.68. The Morgan fingerprint density at radius 1 is 1.33 bits per heavy atom. The Labute approximate surface area is 171 Å². The summed E-state index contributed by atoms with van der Waals surface area (Å²) in [4.78, 5) is 27.2. The molecule has 2 amide bonds. The Morgan fingerprint density at radius 3 is 2.70 bits per heavy atom. The van der Waals surface area contributed by atoms with E-state index in [4.69, 9.17) is 10.00 Å². The van der Waals surface area contributed by atoms with Gasteiger partial charge in [0.25, 0.3) is 5.91 Å². The summed E-state index contributed by atoms with van der Waals surface area (Å²) in [6.45, 7) is 2.45. The molecular formula is C19H21F3N4O4. The SMILES string of the molecule is COC(=O)N[C@@H]1CCN(C(=O)[C@@H]2CN(c3ccc(C#N)c(C(F)(F)F)c3)[C@@H](C)O2)C1. The highest BCUT2D eigenvalue weighted by Gasteiger charge is 2.40. The Morgan fingerprint density at radius 2 is 2.07 bits per heavy atom. The lowest BCUT2D eigenvalue weighted by Crippen LogP contribution is -2.42. The van der Waals surface area contributed by atoms with Crippen molar-refractivity contribution < 1.29 is 32.2 Å². The summed E-state index contributed by atoms with van der Waals surface area (Å²) in [5.74, 6) is -0.289. The number of likely N-dealkylation sites (tertiary alicyclic amines) is 1. The zero-order valence-electron chi connectivity index (χ0n) is 16.4. The lowest BCUT2D eigenvalue weighted by molar-refractivity contribution is -0.141. The van der Waals surface area contributed by atoms with E-state index in [0.29, 0.717) is 19.5 Å². The van der Waals surface area contributed by atoms with Crippen LogP contribution in [-0.2, 0) is 20.4 Å². The third-order valence-corrected chi connectivity index (χ3v) is 5.21. The maximum absolute atomic E-state index is 13.3. The van der Waals surface area contributed by atoms with Gasteiger partial charge in [0.2, 0.25) is 0 Å². The molecule has 3 rings (SSSR count). The molecule has 0 saturated carbocycles. The molecule has 0 bridgehead atoms. The van der Waals surface area contributed by atoms with Gasteiger partial charge in [-0.05, 0) is 31.5 Å². The molecule has 30 heavy (non-hydrogen) atoms. The van der Waals surface area contributed by atoms with Crippen molar-refractivity contribution in [2.24, 2.45) is 0 Å². The van der Waals surface area contributed by atoms with Crippen LogP contribution >= 0.6 is 0 Å². The molecule has 2 heterocycles. The number of rotatable bonds is 3. The van der Waals surface area contributed by atoms with Crippen molar-refractivity contribution in [2.75, 3.05) is 31.6 Å². The lowest BCUT2D eigenvalue weighted by atomic mass is 10.1. The number of alkyl carbamates (subject to hydrolysis) is 1. The first-order valence-electron chi connectivity index (χ1n) is 9.30. The van der Waals surface area contributed by atoms with Crippen LogP contribution in [0.1, 0.15) is 24.5 Å². The second-order valence-corrected chi connectivity index (χ2v) is 7.12. The van der Waals surface area contributed by atoms with E-state index in [1.807, 2.05) is 0 Å². The van der Waals surface area contributed by atoms with Crippen molar-refractivity contribution in [3.63, 3.8) is 0 Å². The van der Waals surface area contributed by atoms with Crippen LogP contribution in [0.5, 0.6) is 0 Å². The van der Waals surface area contributed by atoms with Gasteiger partial charge in [0.1, 0.15) is 6.23 Å². The summed E-state index contributed by atoms with van der Waals surface area (Å²) >= 11 is 0. The molecule has 0 radical (unpaired) electrons. The molecule has 11 heteroatoms. The van der Waals surface area contributed by atoms with E-state index in [1.165, 1.54) is 13.2 Å². The number of alkyl halides is 3. The number of amides is 2. The molecule has 2 aliphatic rings. The fraction of sp³-hybridized carbons (Fsp3) is 0.526. The molecule has 8 nitrogen and oxygen atoms in total. The summed E-state index contributed by atoms with van der Waals surface area (Å²) in [6.07, 6.45) is -6.15. The lowest BCUT2D eigenvalue weighted by Gasteiger charge is -2.23. The number of nitriles is 1. The fourth-order valence-electron chi connectivity index (χ4n) is 3.68. The van der Waals surface area contributed by atoms with E-state index in [2.05, 4.69) is 10.1 Å². The number of anilines is 1. The molecule has 2 aliphatic heterocycles. The normalized spacial score (nSPS) is 23.9. The van der Waals surface area contributed by atoms with Crippen LogP contribution < -0.4 is 10.2 Å². The van der Waals surface area contributed by atoms with Gasteiger partial charge in [-0.2, -0.15) is 18.4 Å². The van der Waals surface area contributed by atoms with Crippen LogP contribution in [0.25, 0.3) is 0 Å². The minimum Gasteiger partial charge on any atom is -0.453 e. The highest BCUT2D eigenvalue weighted by Crippen LogP contribution is 2.36. The quantitative estimate of drug-likeness (QED) is 0.796. The monoisotopic (exact) mass is 426 g/mol. The van der Waals surface area contributed by atoms with E-state index in [0.717, 1.165) is 12.1 Å². The standard InChI is InChI=1S/C19H21F3N4O4/c1-11-26(14-4-3-12(8-23)15(7-14)19(20,21)22)10-16(30-11)17(27)25-6-5-13(9-25)24-18(28)29-2/h3-4,7,11,13,16H,5-6,9-10H2,1-2H3,(H,24,28)/t11-,13-,16+/m1/s1. The predicted molar refractivity (Wildman–Crippen MR) is 98.4 cm³/mol. The first-order valence-corrected chi connectivity index (χ1v) is 9.30. The second kappa shape index (κ2) is 8.39.